The first-order valence-electron chi connectivity index (χ1n) is 10.7. The second-order valence-corrected chi connectivity index (χ2v) is 15.3. The van der Waals surface area contributed by atoms with E-state index in [2.05, 4.69) is 9.97 Å². The van der Waals surface area contributed by atoms with Crippen LogP contribution in [0.25, 0.3) is 43.5 Å². The normalized spacial score (nSPS) is 13.6. The standard InChI is InChI=1S/C24H22F3N3O3Si/c1-23(2,3)34(4,5)30-21(32)14-9-13-12-8-11(31)6-7-16(12)29-19(13)20-17(14)18(22(30)33)15(10-28-20)24(25,26)27/h6-10,28,31H,1-5H3. The van der Waals surface area contributed by atoms with E-state index < -0.39 is 41.5 Å². The Morgan fingerprint density at radius 2 is 1.65 bits per heavy atom. The highest BCUT2D eigenvalue weighted by molar-refractivity contribution is 6.78. The van der Waals surface area contributed by atoms with Gasteiger partial charge in [0.2, 0.25) is 0 Å². The Balaban J connectivity index is 2.13. The van der Waals surface area contributed by atoms with Crippen LogP contribution in [0.3, 0.4) is 0 Å². The van der Waals surface area contributed by atoms with Gasteiger partial charge in [-0.3, -0.25) is 9.59 Å². The van der Waals surface area contributed by atoms with Crippen LogP contribution < -0.4 is 11.1 Å². The molecule has 0 saturated carbocycles. The number of halogens is 3. The quantitative estimate of drug-likeness (QED) is 0.304. The summed E-state index contributed by atoms with van der Waals surface area (Å²) in [5.41, 5.74) is -1.63. The first-order chi connectivity index (χ1) is 15.6. The number of hydrogen-bond acceptors (Lipinski definition) is 4. The van der Waals surface area contributed by atoms with Gasteiger partial charge >= 0.3 is 6.18 Å². The van der Waals surface area contributed by atoms with Gasteiger partial charge in [0.25, 0.3) is 11.1 Å². The number of phenols is 1. The first-order valence-corrected chi connectivity index (χ1v) is 13.7. The molecule has 3 aromatic heterocycles. The molecule has 0 fully saturated rings. The summed E-state index contributed by atoms with van der Waals surface area (Å²) in [6, 6.07) is 6.05. The molecule has 0 radical (unpaired) electrons. The topological polar surface area (TPSA) is 88.0 Å². The van der Waals surface area contributed by atoms with Gasteiger partial charge < -0.3 is 14.3 Å². The molecule has 0 aliphatic heterocycles. The van der Waals surface area contributed by atoms with E-state index in [4.69, 9.17) is 0 Å². The number of rotatable bonds is 1. The molecule has 34 heavy (non-hydrogen) atoms. The fourth-order valence-corrected chi connectivity index (χ4v) is 6.40. The molecule has 0 saturated heterocycles. The van der Waals surface area contributed by atoms with E-state index in [9.17, 15) is 27.9 Å². The van der Waals surface area contributed by atoms with Crippen LogP contribution in [0.15, 0.2) is 40.1 Å². The lowest BCUT2D eigenvalue weighted by Crippen LogP contribution is -2.56. The molecule has 10 heteroatoms. The van der Waals surface area contributed by atoms with Crippen LogP contribution in [0, 0.1) is 0 Å². The molecule has 2 aromatic carbocycles. The van der Waals surface area contributed by atoms with E-state index in [1.807, 2.05) is 33.9 Å². The van der Waals surface area contributed by atoms with Gasteiger partial charge in [-0.15, -0.1) is 0 Å². The summed E-state index contributed by atoms with van der Waals surface area (Å²) in [5.74, 6) is -0.00275. The number of alkyl halides is 3. The van der Waals surface area contributed by atoms with Crippen molar-refractivity contribution < 1.29 is 18.3 Å². The molecule has 5 rings (SSSR count). The Bertz CT molecular complexity index is 1760. The summed E-state index contributed by atoms with van der Waals surface area (Å²) < 4.78 is 43.3. The van der Waals surface area contributed by atoms with Gasteiger partial charge in [0, 0.05) is 22.4 Å². The third kappa shape index (κ3) is 2.84. The van der Waals surface area contributed by atoms with Crippen molar-refractivity contribution in [3.8, 4) is 5.75 Å². The number of phenolic OH excluding ortho intramolecular Hbond substituents is 1. The van der Waals surface area contributed by atoms with Crippen molar-refractivity contribution in [1.82, 2.24) is 14.2 Å². The Morgan fingerprint density at radius 3 is 2.26 bits per heavy atom. The predicted molar refractivity (Wildman–Crippen MR) is 130 cm³/mol. The molecular formula is C24H22F3N3O3Si. The molecule has 2 N–H and O–H groups in total. The molecule has 5 aromatic rings. The van der Waals surface area contributed by atoms with Crippen LogP contribution in [0.1, 0.15) is 26.3 Å². The number of benzene rings is 2. The molecule has 0 amide bonds. The number of fused-ring (bicyclic) bond motifs is 4. The Kier molecular flexibility index (Phi) is 4.34. The van der Waals surface area contributed by atoms with Gasteiger partial charge in [-0.2, -0.15) is 13.2 Å². The number of nitrogens with one attached hydrogen (secondary N) is 1. The maximum atomic E-state index is 14.1. The maximum absolute atomic E-state index is 14.1. The molecule has 6 nitrogen and oxygen atoms in total. The number of pyridine rings is 2. The summed E-state index contributed by atoms with van der Waals surface area (Å²) in [4.78, 5) is 34.7. The van der Waals surface area contributed by atoms with Crippen molar-refractivity contribution in [2.24, 2.45) is 0 Å². The number of aromatic nitrogens is 3. The van der Waals surface area contributed by atoms with Gasteiger partial charge in [-0.05, 0) is 29.3 Å². The zero-order chi connectivity index (χ0) is 25.0. The van der Waals surface area contributed by atoms with Gasteiger partial charge in [-0.1, -0.05) is 33.9 Å². The number of aromatic hydroxyl groups is 1. The van der Waals surface area contributed by atoms with E-state index in [-0.39, 0.29) is 22.0 Å². The maximum Gasteiger partial charge on any atom is 0.418 e. The van der Waals surface area contributed by atoms with Crippen molar-refractivity contribution in [3.63, 3.8) is 0 Å². The van der Waals surface area contributed by atoms with E-state index in [0.29, 0.717) is 21.8 Å². The number of aromatic amines is 1. The highest BCUT2D eigenvalue weighted by Crippen LogP contribution is 2.41. The van der Waals surface area contributed by atoms with Gasteiger partial charge in [0.05, 0.1) is 32.9 Å². The Hall–Kier alpha value is -3.40. The van der Waals surface area contributed by atoms with Crippen LogP contribution in [0.5, 0.6) is 5.75 Å². The van der Waals surface area contributed by atoms with Gasteiger partial charge in [0.1, 0.15) is 5.75 Å². The van der Waals surface area contributed by atoms with Crippen molar-refractivity contribution >= 4 is 51.7 Å². The summed E-state index contributed by atoms with van der Waals surface area (Å²) in [7, 11) is -2.91. The van der Waals surface area contributed by atoms with E-state index in [1.54, 1.807) is 6.07 Å². The zero-order valence-corrected chi connectivity index (χ0v) is 20.2. The number of H-pyrrole nitrogens is 1. The van der Waals surface area contributed by atoms with Crippen LogP contribution in [0.4, 0.5) is 13.2 Å². The fraction of sp³-hybridized carbons (Fsp3) is 0.292. The SMILES string of the molecule is CC(C)(C)[Si](C)(C)n1c(=O)c2cc3c4cc(O)ccc4nc3c3[nH]cc(C(F)(F)F)c(c1=O)c23. The molecule has 0 atom stereocenters. The van der Waals surface area contributed by atoms with E-state index in [1.165, 1.54) is 18.2 Å². The van der Waals surface area contributed by atoms with Gasteiger partial charge in [-0.25, -0.2) is 4.98 Å². The number of nitrogens with zero attached hydrogens (tertiary/aromatic N) is 2. The molecule has 0 spiro atoms. The molecule has 0 aliphatic rings. The zero-order valence-electron chi connectivity index (χ0n) is 19.2. The summed E-state index contributed by atoms with van der Waals surface area (Å²) in [5, 5.41) is 9.98. The molecular weight excluding hydrogens is 463 g/mol. The average Bonchev–Trinajstić information content (AvgIpc) is 3.07. The number of hydrogen-bond donors (Lipinski definition) is 2. The molecule has 0 unspecified atom stereocenters. The average molecular weight is 486 g/mol. The molecule has 0 aliphatic carbocycles. The summed E-state index contributed by atoms with van der Waals surface area (Å²) in [6.45, 7) is 9.27. The third-order valence-electron chi connectivity index (χ3n) is 7.23. The second kappa shape index (κ2) is 6.59. The lowest BCUT2D eigenvalue weighted by Gasteiger charge is -2.37. The van der Waals surface area contributed by atoms with Crippen LogP contribution in [0.2, 0.25) is 18.1 Å². The second-order valence-electron chi connectivity index (χ2n) is 10.2. The smallest absolute Gasteiger partial charge is 0.418 e. The molecule has 176 valence electrons. The Morgan fingerprint density at radius 1 is 0.971 bits per heavy atom. The van der Waals surface area contributed by atoms with E-state index in [0.717, 1.165) is 10.4 Å². The Labute approximate surface area is 192 Å². The van der Waals surface area contributed by atoms with Gasteiger partial charge in [0.15, 0.2) is 8.24 Å². The predicted octanol–water partition coefficient (Wildman–Crippen LogP) is 5.56. The summed E-state index contributed by atoms with van der Waals surface area (Å²) in [6.07, 6.45) is -4.04. The van der Waals surface area contributed by atoms with Crippen molar-refractivity contribution in [2.45, 2.75) is 45.1 Å². The minimum Gasteiger partial charge on any atom is -0.508 e. The molecule has 0 bridgehead atoms. The minimum absolute atomic E-state index is 0.00275. The molecule has 3 heterocycles. The summed E-state index contributed by atoms with van der Waals surface area (Å²) >= 11 is 0. The monoisotopic (exact) mass is 485 g/mol. The lowest BCUT2D eigenvalue weighted by molar-refractivity contribution is -0.136. The highest BCUT2D eigenvalue weighted by atomic mass is 28.3. The van der Waals surface area contributed by atoms with E-state index >= 15 is 0 Å². The highest BCUT2D eigenvalue weighted by Gasteiger charge is 2.42. The van der Waals surface area contributed by atoms with Crippen LogP contribution >= 0.6 is 0 Å². The fourth-order valence-electron chi connectivity index (χ4n) is 4.49. The van der Waals surface area contributed by atoms with Crippen molar-refractivity contribution in [2.75, 3.05) is 0 Å². The van der Waals surface area contributed by atoms with Crippen molar-refractivity contribution in [3.05, 3.63) is 56.7 Å². The van der Waals surface area contributed by atoms with Crippen molar-refractivity contribution in [1.29, 1.82) is 0 Å². The van der Waals surface area contributed by atoms with Crippen LogP contribution in [-0.2, 0) is 6.18 Å². The lowest BCUT2D eigenvalue weighted by atomic mass is 10.00. The largest absolute Gasteiger partial charge is 0.508 e. The third-order valence-corrected chi connectivity index (χ3v) is 12.4. The first kappa shape index (κ1) is 22.4. The van der Waals surface area contributed by atoms with Crippen LogP contribution in [-0.4, -0.2) is 27.5 Å². The minimum atomic E-state index is -4.81.